The number of halogens is 2. The molecule has 24 heavy (non-hydrogen) atoms. The molecule has 1 atom stereocenters. The van der Waals surface area contributed by atoms with E-state index < -0.39 is 17.8 Å². The Morgan fingerprint density at radius 3 is 2.88 bits per heavy atom. The lowest BCUT2D eigenvalue weighted by atomic mass is 10.1. The van der Waals surface area contributed by atoms with Gasteiger partial charge < -0.3 is 15.0 Å². The molecule has 2 N–H and O–H groups in total. The molecule has 128 valence electrons. The van der Waals surface area contributed by atoms with Gasteiger partial charge in [0.2, 0.25) is 17.8 Å². The van der Waals surface area contributed by atoms with Crippen LogP contribution in [0.2, 0.25) is 5.02 Å². The lowest BCUT2D eigenvalue weighted by molar-refractivity contribution is -0.125. The Bertz CT molecular complexity index is 691. The van der Waals surface area contributed by atoms with E-state index in [1.54, 1.807) is 0 Å². The average Bonchev–Trinajstić information content (AvgIpc) is 2.58. The van der Waals surface area contributed by atoms with Crippen LogP contribution in [0, 0.1) is 5.82 Å². The van der Waals surface area contributed by atoms with Crippen molar-refractivity contribution in [3.63, 3.8) is 0 Å². The summed E-state index contributed by atoms with van der Waals surface area (Å²) < 4.78 is 18.4. The van der Waals surface area contributed by atoms with Crippen LogP contribution in [-0.4, -0.2) is 55.0 Å². The molecule has 0 bridgehead atoms. The first kappa shape index (κ1) is 16.7. The maximum Gasteiger partial charge on any atom is 0.249 e. The topological polar surface area (TPSA) is 83.0 Å². The molecular weight excluding hydrogens is 339 g/mol. The predicted molar refractivity (Wildman–Crippen MR) is 86.4 cm³/mol. The van der Waals surface area contributed by atoms with Gasteiger partial charge in [-0.3, -0.25) is 14.9 Å². The van der Waals surface area contributed by atoms with Crippen LogP contribution < -0.4 is 10.6 Å². The van der Waals surface area contributed by atoms with E-state index in [-0.39, 0.29) is 17.4 Å². The molecule has 1 fully saturated rings. The van der Waals surface area contributed by atoms with E-state index in [4.69, 9.17) is 16.3 Å². The van der Waals surface area contributed by atoms with Crippen molar-refractivity contribution < 1.29 is 18.7 Å². The van der Waals surface area contributed by atoms with Gasteiger partial charge in [-0.1, -0.05) is 11.6 Å². The highest BCUT2D eigenvalue weighted by molar-refractivity contribution is 6.31. The number of morpholine rings is 1. The summed E-state index contributed by atoms with van der Waals surface area (Å²) in [6.07, 6.45) is -0.0470. The van der Waals surface area contributed by atoms with Crippen LogP contribution in [0.15, 0.2) is 23.2 Å². The maximum atomic E-state index is 13.2. The third-order valence-electron chi connectivity index (χ3n) is 3.71. The third-order valence-corrected chi connectivity index (χ3v) is 4.00. The molecule has 1 aromatic rings. The summed E-state index contributed by atoms with van der Waals surface area (Å²) in [7, 11) is 0. The van der Waals surface area contributed by atoms with E-state index in [2.05, 4.69) is 15.6 Å². The molecule has 0 aliphatic carbocycles. The van der Waals surface area contributed by atoms with Crippen molar-refractivity contribution in [3.05, 3.63) is 29.0 Å². The average molecular weight is 355 g/mol. The number of hydrogen-bond donors (Lipinski definition) is 2. The van der Waals surface area contributed by atoms with Gasteiger partial charge in [0.05, 0.1) is 24.7 Å². The van der Waals surface area contributed by atoms with Gasteiger partial charge in [0.25, 0.3) is 0 Å². The van der Waals surface area contributed by atoms with E-state index in [1.807, 2.05) is 4.90 Å². The minimum atomic E-state index is -0.847. The van der Waals surface area contributed by atoms with Gasteiger partial charge in [0.1, 0.15) is 11.9 Å². The molecule has 1 aromatic carbocycles. The van der Waals surface area contributed by atoms with Gasteiger partial charge in [-0.25, -0.2) is 9.38 Å². The highest BCUT2D eigenvalue weighted by Crippen LogP contribution is 2.20. The number of aliphatic imine (C=N–C) groups is 1. The Morgan fingerprint density at radius 1 is 1.42 bits per heavy atom. The fourth-order valence-electron chi connectivity index (χ4n) is 2.46. The number of carbonyl (C=O) groups excluding carboxylic acids is 2. The van der Waals surface area contributed by atoms with Gasteiger partial charge in [0.15, 0.2) is 0 Å². The molecule has 1 unspecified atom stereocenters. The third kappa shape index (κ3) is 3.82. The molecule has 0 aromatic heterocycles. The van der Waals surface area contributed by atoms with Crippen molar-refractivity contribution in [2.24, 2.45) is 4.99 Å². The van der Waals surface area contributed by atoms with Crippen molar-refractivity contribution in [2.75, 3.05) is 31.6 Å². The van der Waals surface area contributed by atoms with E-state index in [0.29, 0.717) is 38.0 Å². The number of ether oxygens (including phenoxy) is 1. The molecule has 0 radical (unpaired) electrons. The molecule has 2 amide bonds. The first-order chi connectivity index (χ1) is 11.5. The van der Waals surface area contributed by atoms with Gasteiger partial charge in [0, 0.05) is 18.8 Å². The quantitative estimate of drug-likeness (QED) is 0.830. The van der Waals surface area contributed by atoms with Gasteiger partial charge in [-0.15, -0.1) is 0 Å². The summed E-state index contributed by atoms with van der Waals surface area (Å²) in [4.78, 5) is 30.4. The fourth-order valence-corrected chi connectivity index (χ4v) is 2.64. The largest absolute Gasteiger partial charge is 0.378 e. The number of hydrogen-bond acceptors (Lipinski definition) is 5. The molecule has 9 heteroatoms. The second-order valence-electron chi connectivity index (χ2n) is 5.44. The van der Waals surface area contributed by atoms with Crippen LogP contribution in [0.1, 0.15) is 6.42 Å². The summed E-state index contributed by atoms with van der Waals surface area (Å²) in [6.45, 7) is 2.28. The van der Waals surface area contributed by atoms with Gasteiger partial charge in [-0.2, -0.15) is 0 Å². The van der Waals surface area contributed by atoms with Gasteiger partial charge >= 0.3 is 0 Å². The minimum Gasteiger partial charge on any atom is -0.378 e. The normalized spacial score (nSPS) is 21.1. The van der Waals surface area contributed by atoms with Crippen molar-refractivity contribution in [1.29, 1.82) is 0 Å². The lowest BCUT2D eigenvalue weighted by Crippen LogP contribution is -2.53. The molecule has 2 heterocycles. The SMILES string of the molecule is O=C1CC(C(=O)Nc2ccc(F)c(Cl)c2)N=C(N2CCOCC2)N1. The summed E-state index contributed by atoms with van der Waals surface area (Å²) >= 11 is 5.69. The number of carbonyl (C=O) groups is 2. The Labute approximate surface area is 142 Å². The number of anilines is 1. The first-order valence-electron chi connectivity index (χ1n) is 7.49. The van der Waals surface area contributed by atoms with Crippen LogP contribution in [-0.2, 0) is 14.3 Å². The summed E-state index contributed by atoms with van der Waals surface area (Å²) in [5.74, 6) is -0.909. The zero-order chi connectivity index (χ0) is 17.1. The minimum absolute atomic E-state index is 0.0470. The van der Waals surface area contributed by atoms with E-state index in [1.165, 1.54) is 12.1 Å². The van der Waals surface area contributed by atoms with Crippen LogP contribution in [0.5, 0.6) is 0 Å². The second-order valence-corrected chi connectivity index (χ2v) is 5.85. The molecular formula is C15H16ClFN4O3. The monoisotopic (exact) mass is 354 g/mol. The van der Waals surface area contributed by atoms with E-state index in [0.717, 1.165) is 6.07 Å². The lowest BCUT2D eigenvalue weighted by Gasteiger charge is -2.32. The Kier molecular flexibility index (Phi) is 4.96. The second kappa shape index (κ2) is 7.14. The Hall–Kier alpha value is -2.19. The van der Waals surface area contributed by atoms with E-state index >= 15 is 0 Å². The zero-order valence-corrected chi connectivity index (χ0v) is 13.5. The maximum absolute atomic E-state index is 13.2. The van der Waals surface area contributed by atoms with Crippen molar-refractivity contribution >= 4 is 35.1 Å². The molecule has 0 saturated carbocycles. The fraction of sp³-hybridized carbons (Fsp3) is 0.400. The Balaban J connectivity index is 1.72. The zero-order valence-electron chi connectivity index (χ0n) is 12.7. The van der Waals surface area contributed by atoms with Crippen molar-refractivity contribution in [2.45, 2.75) is 12.5 Å². The van der Waals surface area contributed by atoms with E-state index in [9.17, 15) is 14.0 Å². The Morgan fingerprint density at radius 2 is 2.17 bits per heavy atom. The number of benzene rings is 1. The summed E-state index contributed by atoms with van der Waals surface area (Å²) in [6, 6.07) is 3.02. The highest BCUT2D eigenvalue weighted by atomic mass is 35.5. The number of guanidine groups is 1. The van der Waals surface area contributed by atoms with Crippen molar-refractivity contribution in [3.8, 4) is 0 Å². The molecule has 2 aliphatic rings. The molecule has 0 spiro atoms. The molecule has 3 rings (SSSR count). The number of amides is 2. The van der Waals surface area contributed by atoms with Crippen molar-refractivity contribution in [1.82, 2.24) is 10.2 Å². The predicted octanol–water partition coefficient (Wildman–Crippen LogP) is 0.994. The standard InChI is InChI=1S/C15H16ClFN4O3/c16-10-7-9(1-2-11(10)17)18-14(23)12-8-13(22)20-15(19-12)21-3-5-24-6-4-21/h1-2,7,12H,3-6,8H2,(H,18,23)(H,19,20,22). The van der Waals surface area contributed by atoms with Crippen LogP contribution in [0.3, 0.4) is 0 Å². The highest BCUT2D eigenvalue weighted by Gasteiger charge is 2.29. The number of rotatable bonds is 2. The first-order valence-corrected chi connectivity index (χ1v) is 7.87. The smallest absolute Gasteiger partial charge is 0.249 e. The summed E-state index contributed by atoms with van der Waals surface area (Å²) in [5.41, 5.74) is 0.348. The van der Waals surface area contributed by atoms with Crippen LogP contribution >= 0.6 is 11.6 Å². The van der Waals surface area contributed by atoms with Gasteiger partial charge in [-0.05, 0) is 18.2 Å². The van der Waals surface area contributed by atoms with Crippen LogP contribution in [0.4, 0.5) is 10.1 Å². The number of nitrogens with zero attached hydrogens (tertiary/aromatic N) is 2. The molecule has 2 aliphatic heterocycles. The number of nitrogens with one attached hydrogen (secondary N) is 2. The molecule has 7 nitrogen and oxygen atoms in total. The summed E-state index contributed by atoms with van der Waals surface area (Å²) in [5, 5.41) is 5.19. The molecule has 1 saturated heterocycles. The van der Waals surface area contributed by atoms with Crippen LogP contribution in [0.25, 0.3) is 0 Å².